The molecule has 4 aromatic heterocycles. The molecule has 2 aliphatic rings. The molecule has 14 nitrogen and oxygen atoms in total. The van der Waals surface area contributed by atoms with Crippen molar-refractivity contribution in [2.45, 2.75) is 74.1 Å². The number of hydrogen-bond donors (Lipinski definition) is 1. The van der Waals surface area contributed by atoms with Gasteiger partial charge in [-0.3, -0.25) is 19.5 Å². The summed E-state index contributed by atoms with van der Waals surface area (Å²) in [6, 6.07) is 0.380. The predicted octanol–water partition coefficient (Wildman–Crippen LogP) is 5.60. The summed E-state index contributed by atoms with van der Waals surface area (Å²) in [5.74, 6) is -0.0390. The quantitative estimate of drug-likeness (QED) is 0.200. The van der Waals surface area contributed by atoms with Gasteiger partial charge in [-0.1, -0.05) is 0 Å². The molecular formula is C32H34F5N9O5S. The SMILES string of the molecule is CS(=O)(=O)c1cncc(-c2nc(N[C@H]3CC[C@H](N(C(=O)OCC(F)F)c4cnc(-c5cnn(C6CCOCC6)c5)cn4)CC3)ncc2C(F)(F)F)c1. The minimum atomic E-state index is -4.84. The molecule has 1 N–H and O–H groups in total. The molecule has 5 heterocycles. The number of alkyl halides is 5. The highest BCUT2D eigenvalue weighted by Gasteiger charge is 2.37. The number of halogens is 5. The Labute approximate surface area is 294 Å². The van der Waals surface area contributed by atoms with Crippen LogP contribution in [0.1, 0.15) is 50.1 Å². The van der Waals surface area contributed by atoms with E-state index in [-0.39, 0.29) is 34.3 Å². The van der Waals surface area contributed by atoms with Crippen LogP contribution >= 0.6 is 0 Å². The molecule has 1 amide bonds. The second-order valence-electron chi connectivity index (χ2n) is 12.4. The first-order valence-corrected chi connectivity index (χ1v) is 18.2. The van der Waals surface area contributed by atoms with Crippen LogP contribution in [0.25, 0.3) is 22.5 Å². The van der Waals surface area contributed by atoms with Crippen LogP contribution in [0.2, 0.25) is 0 Å². The summed E-state index contributed by atoms with van der Waals surface area (Å²) >= 11 is 0. The van der Waals surface area contributed by atoms with Crippen LogP contribution in [-0.4, -0.2) is 93.8 Å². The van der Waals surface area contributed by atoms with Crippen molar-refractivity contribution in [2.24, 2.45) is 0 Å². The highest BCUT2D eigenvalue weighted by atomic mass is 32.2. The smallest absolute Gasteiger partial charge is 0.419 e. The fraction of sp³-hybridized carbons (Fsp3) is 0.469. The standard InChI is InChI=1S/C32H34F5N9O5S/c1-52(48,49)24-10-19(11-38-13-24)29-25(32(35,36)37)14-41-30(44-29)43-21-2-4-23(5-3-21)46(31(47)51-18-27(33)34)28-16-39-26(15-40-28)20-12-42-45(17-20)22-6-8-50-9-7-22/h10-17,21-23,27H,2-9,18H2,1H3,(H,41,43,44)/t21-,23-. The fourth-order valence-electron chi connectivity index (χ4n) is 6.14. The van der Waals surface area contributed by atoms with Crippen molar-refractivity contribution < 1.29 is 44.6 Å². The van der Waals surface area contributed by atoms with Crippen molar-refractivity contribution in [3.8, 4) is 22.5 Å². The zero-order valence-electron chi connectivity index (χ0n) is 27.7. The third-order valence-corrected chi connectivity index (χ3v) is 9.86. The van der Waals surface area contributed by atoms with Crippen molar-refractivity contribution in [1.82, 2.24) is 34.7 Å². The van der Waals surface area contributed by atoms with Gasteiger partial charge in [-0.05, 0) is 44.6 Å². The van der Waals surface area contributed by atoms with Crippen molar-refractivity contribution in [2.75, 3.05) is 36.3 Å². The van der Waals surface area contributed by atoms with Crippen LogP contribution < -0.4 is 10.2 Å². The second kappa shape index (κ2) is 15.4. The lowest BCUT2D eigenvalue weighted by atomic mass is 9.90. The third kappa shape index (κ3) is 8.77. The van der Waals surface area contributed by atoms with Gasteiger partial charge >= 0.3 is 12.3 Å². The number of nitrogens with one attached hydrogen (secondary N) is 1. The van der Waals surface area contributed by atoms with Gasteiger partial charge in [0.25, 0.3) is 6.43 Å². The topological polar surface area (TPSA) is 167 Å². The molecule has 1 aliphatic carbocycles. The summed E-state index contributed by atoms with van der Waals surface area (Å²) in [5.41, 5.74) is -0.694. The Morgan fingerprint density at radius 2 is 1.75 bits per heavy atom. The molecule has 1 saturated carbocycles. The molecule has 0 aromatic carbocycles. The molecule has 0 radical (unpaired) electrons. The van der Waals surface area contributed by atoms with E-state index in [4.69, 9.17) is 9.47 Å². The average Bonchev–Trinajstić information content (AvgIpc) is 3.62. The minimum absolute atomic E-state index is 0.0943. The van der Waals surface area contributed by atoms with Crippen LogP contribution in [0.15, 0.2) is 54.3 Å². The molecule has 0 bridgehead atoms. The van der Waals surface area contributed by atoms with E-state index < -0.39 is 52.4 Å². The van der Waals surface area contributed by atoms with E-state index in [2.05, 4.69) is 35.3 Å². The van der Waals surface area contributed by atoms with Gasteiger partial charge in [0.15, 0.2) is 22.3 Å². The largest absolute Gasteiger partial charge is 0.443 e. The van der Waals surface area contributed by atoms with Crippen LogP contribution in [0.5, 0.6) is 0 Å². The third-order valence-electron chi connectivity index (χ3n) is 8.78. The minimum Gasteiger partial charge on any atom is -0.443 e. The molecular weight excluding hydrogens is 717 g/mol. The summed E-state index contributed by atoms with van der Waals surface area (Å²) in [6.45, 7) is 0.185. The maximum atomic E-state index is 13.9. The van der Waals surface area contributed by atoms with Crippen molar-refractivity contribution in [1.29, 1.82) is 0 Å². The Bertz CT molecular complexity index is 1970. The van der Waals surface area contributed by atoms with Gasteiger partial charge in [-0.15, -0.1) is 0 Å². The summed E-state index contributed by atoms with van der Waals surface area (Å²) in [4.78, 5) is 34.7. The Kier molecular flexibility index (Phi) is 10.9. The Balaban J connectivity index is 1.17. The van der Waals surface area contributed by atoms with Crippen LogP contribution in [-0.2, 0) is 25.5 Å². The van der Waals surface area contributed by atoms with Crippen LogP contribution in [0, 0.1) is 0 Å². The molecule has 52 heavy (non-hydrogen) atoms. The zero-order chi connectivity index (χ0) is 37.0. The van der Waals surface area contributed by atoms with E-state index in [0.29, 0.717) is 56.4 Å². The van der Waals surface area contributed by atoms with Crippen molar-refractivity contribution in [3.05, 3.63) is 55.0 Å². The van der Waals surface area contributed by atoms with Gasteiger partial charge in [-0.2, -0.15) is 18.3 Å². The molecule has 20 heteroatoms. The molecule has 278 valence electrons. The molecule has 0 atom stereocenters. The number of aromatic nitrogens is 7. The number of ether oxygens (including phenoxy) is 2. The van der Waals surface area contributed by atoms with Gasteiger partial charge in [0.2, 0.25) is 5.95 Å². The van der Waals surface area contributed by atoms with Gasteiger partial charge in [0, 0.05) is 67.5 Å². The molecule has 1 saturated heterocycles. The second-order valence-corrected chi connectivity index (χ2v) is 14.5. The van der Waals surface area contributed by atoms with E-state index in [9.17, 15) is 35.2 Å². The average molecular weight is 752 g/mol. The Hall–Kier alpha value is -4.85. The number of amides is 1. The fourth-order valence-corrected chi connectivity index (χ4v) is 6.73. The van der Waals surface area contributed by atoms with Crippen LogP contribution in [0.3, 0.4) is 0 Å². The van der Waals surface area contributed by atoms with Gasteiger partial charge in [0.1, 0.15) is 5.56 Å². The van der Waals surface area contributed by atoms with E-state index >= 15 is 0 Å². The first kappa shape index (κ1) is 36.9. The molecule has 4 aromatic rings. The number of nitrogens with zero attached hydrogens (tertiary/aromatic N) is 8. The lowest BCUT2D eigenvalue weighted by Crippen LogP contribution is -2.45. The number of rotatable bonds is 10. The molecule has 2 fully saturated rings. The summed E-state index contributed by atoms with van der Waals surface area (Å²) in [7, 11) is -3.77. The maximum Gasteiger partial charge on any atom is 0.419 e. The van der Waals surface area contributed by atoms with Crippen molar-refractivity contribution >= 4 is 27.7 Å². The van der Waals surface area contributed by atoms with Gasteiger partial charge < -0.3 is 14.8 Å². The summed E-state index contributed by atoms with van der Waals surface area (Å²) < 4.78 is 104. The molecule has 6 rings (SSSR count). The highest BCUT2D eigenvalue weighted by Crippen LogP contribution is 2.37. The summed E-state index contributed by atoms with van der Waals surface area (Å²) in [5, 5.41) is 7.48. The number of anilines is 2. The highest BCUT2D eigenvalue weighted by molar-refractivity contribution is 7.90. The number of pyridine rings is 1. The van der Waals surface area contributed by atoms with Crippen LogP contribution in [0.4, 0.5) is 38.5 Å². The van der Waals surface area contributed by atoms with Gasteiger partial charge in [-0.25, -0.2) is 36.9 Å². The molecule has 1 aliphatic heterocycles. The Morgan fingerprint density at radius 3 is 2.40 bits per heavy atom. The first-order chi connectivity index (χ1) is 24.8. The number of sulfone groups is 1. The Morgan fingerprint density at radius 1 is 1.00 bits per heavy atom. The van der Waals surface area contributed by atoms with E-state index in [1.807, 2.05) is 10.9 Å². The van der Waals surface area contributed by atoms with E-state index in [0.717, 1.165) is 37.6 Å². The normalized spacial score (nSPS) is 18.7. The summed E-state index contributed by atoms with van der Waals surface area (Å²) in [6.07, 6.45) is 4.31. The lowest BCUT2D eigenvalue weighted by Gasteiger charge is -2.35. The van der Waals surface area contributed by atoms with Crippen molar-refractivity contribution in [3.63, 3.8) is 0 Å². The van der Waals surface area contributed by atoms with Gasteiger partial charge in [0.05, 0.1) is 40.9 Å². The predicted molar refractivity (Wildman–Crippen MR) is 175 cm³/mol. The molecule has 0 spiro atoms. The monoisotopic (exact) mass is 751 g/mol. The first-order valence-electron chi connectivity index (χ1n) is 16.3. The zero-order valence-corrected chi connectivity index (χ0v) is 28.5. The van der Waals surface area contributed by atoms with E-state index in [1.54, 1.807) is 6.20 Å². The number of hydrogen-bond acceptors (Lipinski definition) is 12. The number of carbonyl (C=O) groups excluding carboxylic acids is 1. The maximum absolute atomic E-state index is 13.9. The number of carbonyl (C=O) groups is 1. The lowest BCUT2D eigenvalue weighted by molar-refractivity contribution is -0.137. The van der Waals surface area contributed by atoms with E-state index in [1.165, 1.54) is 17.3 Å². The molecule has 0 unspecified atom stereocenters.